The van der Waals surface area contributed by atoms with Crippen LogP contribution in [-0.2, 0) is 4.74 Å². The van der Waals surface area contributed by atoms with Gasteiger partial charge >= 0.3 is 6.09 Å². The van der Waals surface area contributed by atoms with E-state index < -0.39 is 11.7 Å². The van der Waals surface area contributed by atoms with Crippen molar-refractivity contribution in [3.05, 3.63) is 12.7 Å². The lowest BCUT2D eigenvalue weighted by atomic mass is 9.96. The normalized spacial score (nSPS) is 25.5. The van der Waals surface area contributed by atoms with Crippen molar-refractivity contribution < 1.29 is 14.6 Å². The number of nitrogens with zero attached hydrogens (tertiary/aromatic N) is 1. The van der Waals surface area contributed by atoms with Crippen LogP contribution >= 0.6 is 0 Å². The molecule has 1 N–H and O–H groups in total. The van der Waals surface area contributed by atoms with Gasteiger partial charge in [-0.3, -0.25) is 0 Å². The van der Waals surface area contributed by atoms with Crippen molar-refractivity contribution in [2.75, 3.05) is 6.54 Å². The van der Waals surface area contributed by atoms with Crippen LogP contribution in [0, 0.1) is 0 Å². The maximum Gasteiger partial charge on any atom is 0.410 e. The molecule has 1 amide bonds. The van der Waals surface area contributed by atoms with E-state index in [4.69, 9.17) is 4.74 Å². The van der Waals surface area contributed by atoms with Crippen LogP contribution < -0.4 is 0 Å². The number of aliphatic hydroxyl groups excluding tert-OH is 1. The number of hydrogen-bond acceptors (Lipinski definition) is 3. The predicted molar refractivity (Wildman–Crippen MR) is 66.8 cm³/mol. The maximum atomic E-state index is 12.0. The van der Waals surface area contributed by atoms with Gasteiger partial charge in [0.15, 0.2) is 0 Å². The Hall–Kier alpha value is -1.03. The molecule has 4 heteroatoms. The van der Waals surface area contributed by atoms with Gasteiger partial charge in [-0.1, -0.05) is 6.08 Å². The first-order chi connectivity index (χ1) is 7.85. The number of piperidine rings is 1. The molecule has 0 spiro atoms. The topological polar surface area (TPSA) is 49.8 Å². The molecule has 17 heavy (non-hydrogen) atoms. The third kappa shape index (κ3) is 4.04. The summed E-state index contributed by atoms with van der Waals surface area (Å²) in [5.74, 6) is 0. The Morgan fingerprint density at radius 2 is 2.24 bits per heavy atom. The molecule has 98 valence electrons. The molecule has 1 saturated heterocycles. The number of amides is 1. The highest BCUT2D eigenvalue weighted by Gasteiger charge is 2.34. The first-order valence-electron chi connectivity index (χ1n) is 6.13. The van der Waals surface area contributed by atoms with E-state index in [-0.39, 0.29) is 12.1 Å². The van der Waals surface area contributed by atoms with Gasteiger partial charge in [-0.25, -0.2) is 4.79 Å². The van der Waals surface area contributed by atoms with Crippen LogP contribution in [0.5, 0.6) is 0 Å². The summed E-state index contributed by atoms with van der Waals surface area (Å²) < 4.78 is 5.34. The van der Waals surface area contributed by atoms with Crippen molar-refractivity contribution in [1.82, 2.24) is 4.90 Å². The second-order valence-electron chi connectivity index (χ2n) is 5.48. The van der Waals surface area contributed by atoms with Crippen LogP contribution in [0.25, 0.3) is 0 Å². The number of likely N-dealkylation sites (tertiary alicyclic amines) is 1. The van der Waals surface area contributed by atoms with Crippen molar-refractivity contribution in [2.24, 2.45) is 0 Å². The Labute approximate surface area is 103 Å². The molecule has 0 aromatic heterocycles. The molecule has 4 nitrogen and oxygen atoms in total. The number of carbonyl (C=O) groups excluding carboxylic acids is 1. The number of hydrogen-bond donors (Lipinski definition) is 1. The highest BCUT2D eigenvalue weighted by atomic mass is 16.6. The summed E-state index contributed by atoms with van der Waals surface area (Å²) in [5.41, 5.74) is -0.502. The van der Waals surface area contributed by atoms with Crippen LogP contribution in [-0.4, -0.2) is 40.4 Å². The molecule has 0 bridgehead atoms. The zero-order valence-electron chi connectivity index (χ0n) is 11.0. The smallest absolute Gasteiger partial charge is 0.410 e. The Bertz CT molecular complexity index is 283. The fourth-order valence-electron chi connectivity index (χ4n) is 2.04. The van der Waals surface area contributed by atoms with E-state index in [0.29, 0.717) is 13.0 Å². The molecule has 1 aliphatic rings. The van der Waals surface area contributed by atoms with Gasteiger partial charge in [0.1, 0.15) is 5.60 Å². The average Bonchev–Trinajstić information content (AvgIpc) is 2.18. The van der Waals surface area contributed by atoms with E-state index in [0.717, 1.165) is 12.8 Å². The lowest BCUT2D eigenvalue weighted by Crippen LogP contribution is -2.52. The highest BCUT2D eigenvalue weighted by Crippen LogP contribution is 2.23. The van der Waals surface area contributed by atoms with Gasteiger partial charge in [0.05, 0.1) is 12.1 Å². The van der Waals surface area contributed by atoms with Crippen LogP contribution in [0.4, 0.5) is 4.79 Å². The average molecular weight is 241 g/mol. The maximum absolute atomic E-state index is 12.0. The van der Waals surface area contributed by atoms with Crippen LogP contribution in [0.3, 0.4) is 0 Å². The van der Waals surface area contributed by atoms with Crippen LogP contribution in [0.1, 0.15) is 40.0 Å². The Morgan fingerprint density at radius 1 is 1.59 bits per heavy atom. The third-order valence-corrected chi connectivity index (χ3v) is 2.78. The van der Waals surface area contributed by atoms with Gasteiger partial charge < -0.3 is 14.7 Å². The highest BCUT2D eigenvalue weighted by molar-refractivity contribution is 5.68. The van der Waals surface area contributed by atoms with E-state index in [1.54, 1.807) is 11.0 Å². The van der Waals surface area contributed by atoms with Crippen molar-refractivity contribution in [3.8, 4) is 0 Å². The SMILES string of the molecule is C=CC[C@H]1[C@@H](O)CCCN1C(=O)OC(C)(C)C. The lowest BCUT2D eigenvalue weighted by Gasteiger charge is -2.39. The molecule has 1 heterocycles. The van der Waals surface area contributed by atoms with Crippen LogP contribution in [0.15, 0.2) is 12.7 Å². The molecule has 2 atom stereocenters. The third-order valence-electron chi connectivity index (χ3n) is 2.78. The first kappa shape index (κ1) is 14.0. The molecule has 0 aromatic carbocycles. The van der Waals surface area contributed by atoms with Crippen molar-refractivity contribution in [1.29, 1.82) is 0 Å². The minimum Gasteiger partial charge on any atom is -0.444 e. The molecule has 0 unspecified atom stereocenters. The molecule has 0 saturated carbocycles. The van der Waals surface area contributed by atoms with E-state index in [9.17, 15) is 9.90 Å². The fourth-order valence-corrected chi connectivity index (χ4v) is 2.04. The minimum absolute atomic E-state index is 0.198. The molecular weight excluding hydrogens is 218 g/mol. The Balaban J connectivity index is 2.71. The number of rotatable bonds is 2. The summed E-state index contributed by atoms with van der Waals surface area (Å²) >= 11 is 0. The second kappa shape index (κ2) is 5.54. The molecule has 1 aliphatic heterocycles. The monoisotopic (exact) mass is 241 g/mol. The first-order valence-corrected chi connectivity index (χ1v) is 6.13. The summed E-state index contributed by atoms with van der Waals surface area (Å²) in [7, 11) is 0. The number of aliphatic hydroxyl groups is 1. The summed E-state index contributed by atoms with van der Waals surface area (Å²) in [6.45, 7) is 9.83. The predicted octanol–water partition coefficient (Wildman–Crippen LogP) is 2.32. The van der Waals surface area contributed by atoms with Gasteiger partial charge in [-0.05, 0) is 40.0 Å². The van der Waals surface area contributed by atoms with Gasteiger partial charge in [0, 0.05) is 6.54 Å². The Morgan fingerprint density at radius 3 is 2.76 bits per heavy atom. The van der Waals surface area contributed by atoms with E-state index >= 15 is 0 Å². The standard InChI is InChI=1S/C13H23NO3/c1-5-7-10-11(15)8-6-9-14(10)12(16)17-13(2,3)4/h5,10-11,15H,1,6-9H2,2-4H3/t10-,11-/m0/s1. The molecular formula is C13H23NO3. The van der Waals surface area contributed by atoms with Gasteiger partial charge in [0.2, 0.25) is 0 Å². The van der Waals surface area contributed by atoms with Gasteiger partial charge in [-0.15, -0.1) is 6.58 Å². The van der Waals surface area contributed by atoms with Crippen molar-refractivity contribution >= 4 is 6.09 Å². The van der Waals surface area contributed by atoms with E-state index in [1.807, 2.05) is 20.8 Å². The van der Waals surface area contributed by atoms with Gasteiger partial charge in [-0.2, -0.15) is 0 Å². The minimum atomic E-state index is -0.502. The second-order valence-corrected chi connectivity index (χ2v) is 5.48. The molecule has 1 fully saturated rings. The lowest BCUT2D eigenvalue weighted by molar-refractivity contribution is -0.0220. The molecule has 0 aliphatic carbocycles. The van der Waals surface area contributed by atoms with Crippen LogP contribution in [0.2, 0.25) is 0 Å². The molecule has 1 rings (SSSR count). The van der Waals surface area contributed by atoms with Gasteiger partial charge in [0.25, 0.3) is 0 Å². The fraction of sp³-hybridized carbons (Fsp3) is 0.769. The summed E-state index contributed by atoms with van der Waals surface area (Å²) in [4.78, 5) is 13.6. The molecule has 0 aromatic rings. The number of carbonyl (C=O) groups is 1. The Kier molecular flexibility index (Phi) is 4.57. The van der Waals surface area contributed by atoms with Crippen molar-refractivity contribution in [2.45, 2.75) is 57.8 Å². The largest absolute Gasteiger partial charge is 0.444 e. The number of ether oxygens (including phenoxy) is 1. The molecule has 0 radical (unpaired) electrons. The van der Waals surface area contributed by atoms with Crippen molar-refractivity contribution in [3.63, 3.8) is 0 Å². The summed E-state index contributed by atoms with van der Waals surface area (Å²) in [6.07, 6.45) is 3.06. The van der Waals surface area contributed by atoms with E-state index in [1.165, 1.54) is 0 Å². The van der Waals surface area contributed by atoms with E-state index in [2.05, 4.69) is 6.58 Å². The zero-order valence-corrected chi connectivity index (χ0v) is 11.0. The summed E-state index contributed by atoms with van der Waals surface area (Å²) in [5, 5.41) is 9.92. The zero-order chi connectivity index (χ0) is 13.1. The summed E-state index contributed by atoms with van der Waals surface area (Å²) in [6, 6.07) is -0.198. The quantitative estimate of drug-likeness (QED) is 0.755.